The second-order valence-corrected chi connectivity index (χ2v) is 4.46. The predicted octanol–water partition coefficient (Wildman–Crippen LogP) is 0.564. The molecule has 2 rings (SSSR count). The van der Waals surface area contributed by atoms with E-state index in [2.05, 4.69) is 5.32 Å². The van der Waals surface area contributed by atoms with E-state index >= 15 is 0 Å². The Morgan fingerprint density at radius 1 is 1.47 bits per heavy atom. The quantitative estimate of drug-likeness (QED) is 0.681. The third-order valence-corrected chi connectivity index (χ3v) is 3.51. The lowest BCUT2D eigenvalue weighted by Crippen LogP contribution is -2.31. The number of carbonyl (C=O) groups excluding carboxylic acids is 1. The van der Waals surface area contributed by atoms with Crippen LogP contribution in [0.1, 0.15) is 19.3 Å². The second kappa shape index (κ2) is 4.94. The minimum atomic E-state index is -0.130. The molecule has 0 aromatic carbocycles. The molecular weight excluding hydrogens is 194 g/mol. The van der Waals surface area contributed by atoms with E-state index in [0.717, 1.165) is 32.6 Å². The fourth-order valence-electron chi connectivity index (χ4n) is 2.58. The van der Waals surface area contributed by atoms with Gasteiger partial charge in [0.05, 0.1) is 7.11 Å². The number of nitrogens with one attached hydrogen (secondary N) is 1. The lowest BCUT2D eigenvalue weighted by molar-refractivity contribution is -0.142. The predicted molar refractivity (Wildman–Crippen MR) is 55.5 cm³/mol. The highest BCUT2D eigenvalue weighted by Crippen LogP contribution is 2.29. The molecule has 2 saturated heterocycles. The molecule has 0 aliphatic carbocycles. The largest absolute Gasteiger partial charge is 0.468 e. The molecule has 86 valence electrons. The van der Waals surface area contributed by atoms with E-state index in [0.29, 0.717) is 11.8 Å². The van der Waals surface area contributed by atoms with Crippen LogP contribution >= 0.6 is 0 Å². The zero-order valence-corrected chi connectivity index (χ0v) is 9.20. The lowest BCUT2D eigenvalue weighted by Gasteiger charge is -2.26. The smallest absolute Gasteiger partial charge is 0.322 e. The van der Waals surface area contributed by atoms with E-state index < -0.39 is 0 Å². The number of hydrogen-bond donors (Lipinski definition) is 1. The molecule has 2 aliphatic rings. The molecular formula is C11H19NO3. The van der Waals surface area contributed by atoms with Crippen molar-refractivity contribution in [1.82, 2.24) is 5.32 Å². The van der Waals surface area contributed by atoms with E-state index in [1.165, 1.54) is 13.5 Å². The summed E-state index contributed by atoms with van der Waals surface area (Å²) in [5.74, 6) is 1.07. The zero-order chi connectivity index (χ0) is 10.7. The lowest BCUT2D eigenvalue weighted by atomic mass is 9.86. The summed E-state index contributed by atoms with van der Waals surface area (Å²) in [7, 11) is 1.45. The Kier molecular flexibility index (Phi) is 3.59. The van der Waals surface area contributed by atoms with Crippen LogP contribution in [0.15, 0.2) is 0 Å². The fourth-order valence-corrected chi connectivity index (χ4v) is 2.58. The summed E-state index contributed by atoms with van der Waals surface area (Å²) in [6.07, 6.45) is 3.30. The Hall–Kier alpha value is -0.610. The fraction of sp³-hybridized carbons (Fsp3) is 0.909. The van der Waals surface area contributed by atoms with Crippen LogP contribution in [0.5, 0.6) is 0 Å². The van der Waals surface area contributed by atoms with Gasteiger partial charge in [0.2, 0.25) is 0 Å². The Bertz CT molecular complexity index is 226. The van der Waals surface area contributed by atoms with Crippen LogP contribution in [0, 0.1) is 11.8 Å². The Morgan fingerprint density at radius 3 is 3.00 bits per heavy atom. The average molecular weight is 213 g/mol. The first kappa shape index (κ1) is 10.9. The normalized spacial score (nSPS) is 36.5. The number of methoxy groups -OCH3 is 1. The van der Waals surface area contributed by atoms with Gasteiger partial charge in [0.1, 0.15) is 6.04 Å². The van der Waals surface area contributed by atoms with Crippen LogP contribution in [-0.4, -0.2) is 38.9 Å². The van der Waals surface area contributed by atoms with Gasteiger partial charge in [-0.3, -0.25) is 4.79 Å². The number of ether oxygens (including phenoxy) is 2. The van der Waals surface area contributed by atoms with Crippen molar-refractivity contribution < 1.29 is 14.3 Å². The Morgan fingerprint density at radius 2 is 2.33 bits per heavy atom. The summed E-state index contributed by atoms with van der Waals surface area (Å²) in [6.45, 7) is 2.69. The second-order valence-electron chi connectivity index (χ2n) is 4.46. The molecule has 4 nitrogen and oxygen atoms in total. The molecule has 2 fully saturated rings. The number of esters is 1. The number of carbonyl (C=O) groups is 1. The van der Waals surface area contributed by atoms with Gasteiger partial charge in [-0.2, -0.15) is 0 Å². The molecule has 4 heteroatoms. The molecule has 0 spiro atoms. The van der Waals surface area contributed by atoms with Crippen molar-refractivity contribution in [2.75, 3.05) is 26.9 Å². The van der Waals surface area contributed by atoms with Crippen molar-refractivity contribution in [3.63, 3.8) is 0 Å². The van der Waals surface area contributed by atoms with Gasteiger partial charge in [-0.1, -0.05) is 0 Å². The molecule has 3 atom stereocenters. The first-order chi connectivity index (χ1) is 7.31. The first-order valence-corrected chi connectivity index (χ1v) is 5.70. The standard InChI is InChI=1S/C11H19NO3/c1-14-11(13)10-5-9(6-12-10)8-3-2-4-15-7-8/h8-10,12H,2-7H2,1H3. The van der Waals surface area contributed by atoms with Crippen LogP contribution in [0.3, 0.4) is 0 Å². The Labute approximate surface area is 90.3 Å². The molecule has 3 unspecified atom stereocenters. The summed E-state index contributed by atoms with van der Waals surface area (Å²) < 4.78 is 10.2. The molecule has 0 radical (unpaired) electrons. The van der Waals surface area contributed by atoms with Crippen molar-refractivity contribution in [3.8, 4) is 0 Å². The number of rotatable bonds is 2. The van der Waals surface area contributed by atoms with Gasteiger partial charge in [0, 0.05) is 13.2 Å². The van der Waals surface area contributed by atoms with Crippen molar-refractivity contribution >= 4 is 5.97 Å². The monoisotopic (exact) mass is 213 g/mol. The minimum absolute atomic E-state index is 0.0954. The van der Waals surface area contributed by atoms with Gasteiger partial charge in [-0.05, 0) is 37.6 Å². The molecule has 0 saturated carbocycles. The summed E-state index contributed by atoms with van der Waals surface area (Å²) in [6, 6.07) is -0.0954. The van der Waals surface area contributed by atoms with Crippen LogP contribution in [-0.2, 0) is 14.3 Å². The van der Waals surface area contributed by atoms with Crippen LogP contribution in [0.4, 0.5) is 0 Å². The topological polar surface area (TPSA) is 47.6 Å². The average Bonchev–Trinajstić information content (AvgIpc) is 2.78. The molecule has 0 aromatic heterocycles. The van der Waals surface area contributed by atoms with Crippen LogP contribution < -0.4 is 5.32 Å². The molecule has 0 aromatic rings. The Balaban J connectivity index is 1.83. The third kappa shape index (κ3) is 2.49. The minimum Gasteiger partial charge on any atom is -0.468 e. The van der Waals surface area contributed by atoms with Gasteiger partial charge in [0.25, 0.3) is 0 Å². The van der Waals surface area contributed by atoms with Gasteiger partial charge in [0.15, 0.2) is 0 Å². The maximum Gasteiger partial charge on any atom is 0.322 e. The van der Waals surface area contributed by atoms with Crippen molar-refractivity contribution in [2.24, 2.45) is 11.8 Å². The molecule has 2 heterocycles. The van der Waals surface area contributed by atoms with Gasteiger partial charge in [-0.25, -0.2) is 0 Å². The highest BCUT2D eigenvalue weighted by Gasteiger charge is 2.35. The van der Waals surface area contributed by atoms with E-state index in [-0.39, 0.29) is 12.0 Å². The van der Waals surface area contributed by atoms with Crippen LogP contribution in [0.25, 0.3) is 0 Å². The molecule has 0 bridgehead atoms. The van der Waals surface area contributed by atoms with Crippen LogP contribution in [0.2, 0.25) is 0 Å². The van der Waals surface area contributed by atoms with Crippen molar-refractivity contribution in [3.05, 3.63) is 0 Å². The molecule has 15 heavy (non-hydrogen) atoms. The van der Waals surface area contributed by atoms with E-state index in [1.54, 1.807) is 0 Å². The summed E-state index contributed by atoms with van der Waals surface area (Å²) in [5.41, 5.74) is 0. The summed E-state index contributed by atoms with van der Waals surface area (Å²) in [4.78, 5) is 11.3. The molecule has 2 aliphatic heterocycles. The van der Waals surface area contributed by atoms with E-state index in [1.807, 2.05) is 0 Å². The maximum absolute atomic E-state index is 11.3. The third-order valence-electron chi connectivity index (χ3n) is 3.51. The maximum atomic E-state index is 11.3. The van der Waals surface area contributed by atoms with Crippen molar-refractivity contribution in [2.45, 2.75) is 25.3 Å². The highest BCUT2D eigenvalue weighted by molar-refractivity contribution is 5.76. The van der Waals surface area contributed by atoms with Crippen molar-refractivity contribution in [1.29, 1.82) is 0 Å². The van der Waals surface area contributed by atoms with Gasteiger partial charge >= 0.3 is 5.97 Å². The number of hydrogen-bond acceptors (Lipinski definition) is 4. The molecule has 0 amide bonds. The van der Waals surface area contributed by atoms with E-state index in [4.69, 9.17) is 9.47 Å². The molecule has 1 N–H and O–H groups in total. The zero-order valence-electron chi connectivity index (χ0n) is 9.20. The SMILES string of the molecule is COC(=O)C1CC(C2CCCOC2)CN1. The van der Waals surface area contributed by atoms with Gasteiger partial charge < -0.3 is 14.8 Å². The summed E-state index contributed by atoms with van der Waals surface area (Å²) in [5, 5.41) is 3.22. The summed E-state index contributed by atoms with van der Waals surface area (Å²) >= 11 is 0. The van der Waals surface area contributed by atoms with Gasteiger partial charge in [-0.15, -0.1) is 0 Å². The van der Waals surface area contributed by atoms with E-state index in [9.17, 15) is 4.79 Å². The highest BCUT2D eigenvalue weighted by atomic mass is 16.5. The first-order valence-electron chi connectivity index (χ1n) is 5.70.